The molecule has 14 heavy (non-hydrogen) atoms. The van der Waals surface area contributed by atoms with E-state index in [1.807, 2.05) is 0 Å². The van der Waals surface area contributed by atoms with Gasteiger partial charge in [0.1, 0.15) is 5.56 Å². The zero-order valence-electron chi connectivity index (χ0n) is 7.91. The molecule has 0 atom stereocenters. The summed E-state index contributed by atoms with van der Waals surface area (Å²) in [6.45, 7) is 2.07. The molecule has 0 saturated heterocycles. The number of ether oxygens (including phenoxy) is 2. The molecule has 1 aromatic heterocycles. The topological polar surface area (TPSA) is 48.4 Å². The van der Waals surface area contributed by atoms with E-state index >= 15 is 0 Å². The molecule has 0 fully saturated rings. The predicted molar refractivity (Wildman–Crippen MR) is 54.4 cm³/mol. The van der Waals surface area contributed by atoms with Crippen molar-refractivity contribution in [3.8, 4) is 5.75 Å². The molecule has 0 radical (unpaired) electrons. The first kappa shape index (κ1) is 11.0. The van der Waals surface area contributed by atoms with Gasteiger partial charge in [-0.1, -0.05) is 0 Å². The van der Waals surface area contributed by atoms with Gasteiger partial charge in [-0.2, -0.15) is 0 Å². The van der Waals surface area contributed by atoms with Crippen LogP contribution in [-0.4, -0.2) is 24.7 Å². The SMILES string of the molecule is CCOC(=O)c1cncc(Br)c1OC. The second-order valence-electron chi connectivity index (χ2n) is 2.42. The Labute approximate surface area is 90.4 Å². The van der Waals surface area contributed by atoms with E-state index in [-0.39, 0.29) is 0 Å². The molecule has 0 saturated carbocycles. The van der Waals surface area contributed by atoms with Gasteiger partial charge in [-0.3, -0.25) is 4.98 Å². The minimum Gasteiger partial charge on any atom is -0.495 e. The number of aromatic nitrogens is 1. The fourth-order valence-corrected chi connectivity index (χ4v) is 1.48. The Morgan fingerprint density at radius 2 is 2.29 bits per heavy atom. The zero-order chi connectivity index (χ0) is 10.6. The number of hydrogen-bond donors (Lipinski definition) is 0. The van der Waals surface area contributed by atoms with Crippen LogP contribution in [0.3, 0.4) is 0 Å². The van der Waals surface area contributed by atoms with E-state index in [0.717, 1.165) is 0 Å². The van der Waals surface area contributed by atoms with Crippen molar-refractivity contribution < 1.29 is 14.3 Å². The Bertz CT molecular complexity index is 341. The maximum absolute atomic E-state index is 11.4. The van der Waals surface area contributed by atoms with E-state index in [4.69, 9.17) is 9.47 Å². The fourth-order valence-electron chi connectivity index (χ4n) is 0.985. The summed E-state index contributed by atoms with van der Waals surface area (Å²) in [5, 5.41) is 0. The van der Waals surface area contributed by atoms with E-state index in [1.54, 1.807) is 13.1 Å². The third kappa shape index (κ3) is 2.23. The summed E-state index contributed by atoms with van der Waals surface area (Å²) in [6.07, 6.45) is 2.98. The Morgan fingerprint density at radius 3 is 2.86 bits per heavy atom. The largest absolute Gasteiger partial charge is 0.495 e. The molecule has 1 aromatic rings. The van der Waals surface area contributed by atoms with E-state index in [2.05, 4.69) is 20.9 Å². The van der Waals surface area contributed by atoms with Crippen molar-refractivity contribution >= 4 is 21.9 Å². The average molecular weight is 260 g/mol. The standard InChI is InChI=1S/C9H10BrNO3/c1-3-14-9(12)6-4-11-5-7(10)8(6)13-2/h4-5H,3H2,1-2H3. The summed E-state index contributed by atoms with van der Waals surface area (Å²) in [5.74, 6) is 0.0107. The molecule has 76 valence electrons. The fraction of sp³-hybridized carbons (Fsp3) is 0.333. The number of methoxy groups -OCH3 is 1. The molecule has 0 bridgehead atoms. The van der Waals surface area contributed by atoms with Crippen LogP contribution in [0.5, 0.6) is 5.75 Å². The molecule has 5 heteroatoms. The summed E-state index contributed by atoms with van der Waals surface area (Å²) in [5.41, 5.74) is 0.323. The Balaban J connectivity index is 3.07. The predicted octanol–water partition coefficient (Wildman–Crippen LogP) is 2.03. The first-order chi connectivity index (χ1) is 6.70. The van der Waals surface area contributed by atoms with Crippen LogP contribution in [-0.2, 0) is 4.74 Å². The van der Waals surface area contributed by atoms with Gasteiger partial charge in [-0.05, 0) is 22.9 Å². The highest BCUT2D eigenvalue weighted by Crippen LogP contribution is 2.27. The number of carbonyl (C=O) groups is 1. The Morgan fingerprint density at radius 1 is 1.57 bits per heavy atom. The van der Waals surface area contributed by atoms with Crippen molar-refractivity contribution in [2.24, 2.45) is 0 Å². The first-order valence-corrected chi connectivity index (χ1v) is 4.84. The lowest BCUT2D eigenvalue weighted by atomic mass is 10.2. The number of nitrogens with zero attached hydrogens (tertiary/aromatic N) is 1. The van der Waals surface area contributed by atoms with Crippen LogP contribution in [0.1, 0.15) is 17.3 Å². The van der Waals surface area contributed by atoms with E-state index in [0.29, 0.717) is 22.4 Å². The monoisotopic (exact) mass is 259 g/mol. The second kappa shape index (κ2) is 4.95. The lowest BCUT2D eigenvalue weighted by Crippen LogP contribution is -2.07. The molecule has 1 heterocycles. The van der Waals surface area contributed by atoms with Gasteiger partial charge in [0, 0.05) is 12.4 Å². The van der Waals surface area contributed by atoms with Gasteiger partial charge >= 0.3 is 5.97 Å². The van der Waals surface area contributed by atoms with Crippen molar-refractivity contribution in [3.63, 3.8) is 0 Å². The molecule has 1 rings (SSSR count). The van der Waals surface area contributed by atoms with Gasteiger partial charge in [0.25, 0.3) is 0 Å². The summed E-state index contributed by atoms with van der Waals surface area (Å²) >= 11 is 3.23. The van der Waals surface area contributed by atoms with Gasteiger partial charge in [0.05, 0.1) is 18.2 Å². The molecule has 0 unspecified atom stereocenters. The van der Waals surface area contributed by atoms with Crippen LogP contribution >= 0.6 is 15.9 Å². The molecule has 0 aliphatic heterocycles. The molecule has 0 amide bonds. The third-order valence-electron chi connectivity index (χ3n) is 1.55. The number of esters is 1. The normalized spacial score (nSPS) is 9.64. The van der Waals surface area contributed by atoms with Crippen LogP contribution in [0.25, 0.3) is 0 Å². The maximum Gasteiger partial charge on any atom is 0.343 e. The smallest absolute Gasteiger partial charge is 0.343 e. The van der Waals surface area contributed by atoms with Crippen molar-refractivity contribution in [1.82, 2.24) is 4.98 Å². The molecule has 4 nitrogen and oxygen atoms in total. The van der Waals surface area contributed by atoms with Crippen LogP contribution < -0.4 is 4.74 Å². The van der Waals surface area contributed by atoms with Gasteiger partial charge < -0.3 is 9.47 Å². The number of hydrogen-bond acceptors (Lipinski definition) is 4. The van der Waals surface area contributed by atoms with Crippen LogP contribution in [0.4, 0.5) is 0 Å². The Hall–Kier alpha value is -1.10. The quantitative estimate of drug-likeness (QED) is 0.780. The zero-order valence-corrected chi connectivity index (χ0v) is 9.50. The van der Waals surface area contributed by atoms with Crippen molar-refractivity contribution in [2.45, 2.75) is 6.92 Å². The molecule has 0 aromatic carbocycles. The summed E-state index contributed by atoms with van der Waals surface area (Å²) < 4.78 is 10.5. The molecular weight excluding hydrogens is 250 g/mol. The molecule has 0 aliphatic carbocycles. The van der Waals surface area contributed by atoms with Gasteiger partial charge in [-0.15, -0.1) is 0 Å². The maximum atomic E-state index is 11.4. The lowest BCUT2D eigenvalue weighted by molar-refractivity contribution is 0.0522. The minimum atomic E-state index is -0.432. The van der Waals surface area contributed by atoms with Gasteiger partial charge in [-0.25, -0.2) is 4.79 Å². The van der Waals surface area contributed by atoms with Gasteiger partial charge in [0.15, 0.2) is 5.75 Å². The Kier molecular flexibility index (Phi) is 3.88. The first-order valence-electron chi connectivity index (χ1n) is 4.05. The molecule has 0 spiro atoms. The van der Waals surface area contributed by atoms with E-state index in [9.17, 15) is 4.79 Å². The minimum absolute atomic E-state index is 0.323. The molecular formula is C9H10BrNO3. The highest BCUT2D eigenvalue weighted by Gasteiger charge is 2.15. The number of halogens is 1. The average Bonchev–Trinajstić information content (AvgIpc) is 2.17. The van der Waals surface area contributed by atoms with Crippen LogP contribution in [0, 0.1) is 0 Å². The highest BCUT2D eigenvalue weighted by molar-refractivity contribution is 9.10. The number of carbonyl (C=O) groups excluding carboxylic acids is 1. The van der Waals surface area contributed by atoms with E-state index in [1.165, 1.54) is 13.3 Å². The highest BCUT2D eigenvalue weighted by atomic mass is 79.9. The van der Waals surface area contributed by atoms with Crippen LogP contribution in [0.2, 0.25) is 0 Å². The molecule has 0 N–H and O–H groups in total. The second-order valence-corrected chi connectivity index (χ2v) is 3.28. The van der Waals surface area contributed by atoms with Crippen molar-refractivity contribution in [1.29, 1.82) is 0 Å². The van der Waals surface area contributed by atoms with Crippen LogP contribution in [0.15, 0.2) is 16.9 Å². The summed E-state index contributed by atoms with van der Waals surface area (Å²) in [4.78, 5) is 15.3. The number of pyridine rings is 1. The van der Waals surface area contributed by atoms with Crippen molar-refractivity contribution in [3.05, 3.63) is 22.4 Å². The third-order valence-corrected chi connectivity index (χ3v) is 2.12. The summed E-state index contributed by atoms with van der Waals surface area (Å²) in [7, 11) is 1.49. The van der Waals surface area contributed by atoms with Crippen molar-refractivity contribution in [2.75, 3.05) is 13.7 Å². The van der Waals surface area contributed by atoms with Gasteiger partial charge in [0.2, 0.25) is 0 Å². The lowest BCUT2D eigenvalue weighted by Gasteiger charge is -2.08. The summed E-state index contributed by atoms with van der Waals surface area (Å²) in [6, 6.07) is 0. The number of rotatable bonds is 3. The van der Waals surface area contributed by atoms with E-state index < -0.39 is 5.97 Å². The molecule has 0 aliphatic rings.